The van der Waals surface area contributed by atoms with E-state index in [4.69, 9.17) is 0 Å². The van der Waals surface area contributed by atoms with Gasteiger partial charge in [-0.3, -0.25) is 9.79 Å². The third kappa shape index (κ3) is 5.66. The number of amides is 1. The van der Waals surface area contributed by atoms with Gasteiger partial charge < -0.3 is 20.4 Å². The molecule has 1 aliphatic heterocycles. The fraction of sp³-hybridized carbons (Fsp3) is 0.579. The van der Waals surface area contributed by atoms with Crippen LogP contribution in [-0.2, 0) is 11.3 Å². The van der Waals surface area contributed by atoms with E-state index in [1.165, 1.54) is 11.3 Å². The first-order chi connectivity index (χ1) is 12.0. The van der Waals surface area contributed by atoms with Crippen molar-refractivity contribution in [2.75, 3.05) is 46.2 Å². The minimum atomic E-state index is 0.140. The Kier molecular flexibility index (Phi) is 7.10. The van der Waals surface area contributed by atoms with E-state index in [1.807, 2.05) is 7.05 Å². The van der Waals surface area contributed by atoms with Crippen molar-refractivity contribution < 1.29 is 4.79 Å². The highest BCUT2D eigenvalue weighted by atomic mass is 16.1. The summed E-state index contributed by atoms with van der Waals surface area (Å²) in [5, 5.41) is 6.18. The average Bonchev–Trinajstić information content (AvgIpc) is 2.63. The van der Waals surface area contributed by atoms with Crippen LogP contribution in [0.5, 0.6) is 0 Å². The Bertz CT molecular complexity index is 591. The van der Waals surface area contributed by atoms with Crippen molar-refractivity contribution in [2.45, 2.75) is 25.8 Å². The number of benzene rings is 1. The fourth-order valence-electron chi connectivity index (χ4n) is 3.17. The van der Waals surface area contributed by atoms with Crippen LogP contribution in [0.1, 0.15) is 24.8 Å². The number of guanidine groups is 1. The zero-order valence-corrected chi connectivity index (χ0v) is 15.9. The zero-order chi connectivity index (χ0) is 18.2. The van der Waals surface area contributed by atoms with E-state index >= 15 is 0 Å². The average molecular weight is 345 g/mol. The molecule has 1 aromatic carbocycles. The van der Waals surface area contributed by atoms with Gasteiger partial charge in [0.1, 0.15) is 0 Å². The van der Waals surface area contributed by atoms with Gasteiger partial charge in [0, 0.05) is 59.9 Å². The van der Waals surface area contributed by atoms with Gasteiger partial charge in [-0.2, -0.15) is 0 Å². The minimum absolute atomic E-state index is 0.140. The Balaban J connectivity index is 1.85. The van der Waals surface area contributed by atoms with E-state index in [0.717, 1.165) is 38.4 Å². The summed E-state index contributed by atoms with van der Waals surface area (Å²) in [7, 11) is 7.63. The topological polar surface area (TPSA) is 60.0 Å². The highest BCUT2D eigenvalue weighted by Crippen LogP contribution is 2.20. The molecule has 0 bridgehead atoms. The van der Waals surface area contributed by atoms with Crippen LogP contribution in [0.15, 0.2) is 29.3 Å². The lowest BCUT2D eigenvalue weighted by Crippen LogP contribution is -2.45. The van der Waals surface area contributed by atoms with Crippen molar-refractivity contribution in [3.05, 3.63) is 29.8 Å². The van der Waals surface area contributed by atoms with Gasteiger partial charge in [-0.15, -0.1) is 0 Å². The summed E-state index contributed by atoms with van der Waals surface area (Å²) in [6.45, 7) is 2.64. The van der Waals surface area contributed by atoms with Gasteiger partial charge >= 0.3 is 0 Å². The van der Waals surface area contributed by atoms with Gasteiger partial charge in [0.25, 0.3) is 0 Å². The first-order valence-corrected chi connectivity index (χ1v) is 8.96. The highest BCUT2D eigenvalue weighted by Gasteiger charge is 2.22. The van der Waals surface area contributed by atoms with E-state index in [1.54, 1.807) is 7.05 Å². The van der Waals surface area contributed by atoms with Crippen molar-refractivity contribution in [2.24, 2.45) is 10.9 Å². The molecule has 6 nitrogen and oxygen atoms in total. The summed E-state index contributed by atoms with van der Waals surface area (Å²) >= 11 is 0. The first-order valence-electron chi connectivity index (χ1n) is 8.96. The Morgan fingerprint density at radius 2 is 2.04 bits per heavy atom. The molecule has 0 radical (unpaired) electrons. The Morgan fingerprint density at radius 3 is 2.64 bits per heavy atom. The second-order valence-corrected chi connectivity index (χ2v) is 6.77. The molecule has 6 heteroatoms. The van der Waals surface area contributed by atoms with Gasteiger partial charge in [-0.05, 0) is 36.5 Å². The largest absolute Gasteiger partial charge is 0.378 e. The number of piperidine rings is 1. The molecule has 1 amide bonds. The standard InChI is InChI=1S/C19H31N5O/c1-20-18(25)13-15-8-10-24(11-9-15)19(21-2)22-14-16-6-5-7-17(12-16)23(3)4/h5-7,12,15H,8-11,13-14H2,1-4H3,(H,20,25)(H,21,22). The van der Waals surface area contributed by atoms with Crippen LogP contribution in [0.25, 0.3) is 0 Å². The molecule has 0 unspecified atom stereocenters. The maximum Gasteiger partial charge on any atom is 0.220 e. The molecule has 1 saturated heterocycles. The SMILES string of the molecule is CN=C(NCc1cccc(N(C)C)c1)N1CCC(CC(=O)NC)CC1. The van der Waals surface area contributed by atoms with Gasteiger partial charge in [-0.25, -0.2) is 0 Å². The lowest BCUT2D eigenvalue weighted by Gasteiger charge is -2.34. The molecule has 2 rings (SSSR count). The molecule has 0 atom stereocenters. The van der Waals surface area contributed by atoms with Gasteiger partial charge in [0.15, 0.2) is 5.96 Å². The molecule has 1 heterocycles. The number of aliphatic imine (C=N–C) groups is 1. The number of likely N-dealkylation sites (tertiary alicyclic amines) is 1. The quantitative estimate of drug-likeness (QED) is 0.630. The fourth-order valence-corrected chi connectivity index (χ4v) is 3.17. The van der Waals surface area contributed by atoms with E-state index in [0.29, 0.717) is 12.3 Å². The smallest absolute Gasteiger partial charge is 0.220 e. The van der Waals surface area contributed by atoms with Crippen molar-refractivity contribution in [1.29, 1.82) is 0 Å². The van der Waals surface area contributed by atoms with Crippen molar-refractivity contribution >= 4 is 17.6 Å². The van der Waals surface area contributed by atoms with Gasteiger partial charge in [-0.1, -0.05) is 12.1 Å². The number of carbonyl (C=O) groups is 1. The number of nitrogens with zero attached hydrogens (tertiary/aromatic N) is 3. The second kappa shape index (κ2) is 9.30. The predicted octanol–water partition coefficient (Wildman–Crippen LogP) is 1.68. The lowest BCUT2D eigenvalue weighted by atomic mass is 9.93. The summed E-state index contributed by atoms with van der Waals surface area (Å²) in [6.07, 6.45) is 2.70. The van der Waals surface area contributed by atoms with E-state index in [2.05, 4.69) is 63.8 Å². The third-order valence-electron chi connectivity index (χ3n) is 4.76. The molecule has 0 spiro atoms. The first kappa shape index (κ1) is 19.1. The molecule has 1 fully saturated rings. The van der Waals surface area contributed by atoms with Crippen LogP contribution < -0.4 is 15.5 Å². The molecule has 1 aliphatic rings. The van der Waals surface area contributed by atoms with Crippen molar-refractivity contribution in [3.63, 3.8) is 0 Å². The molecule has 138 valence electrons. The number of nitrogens with one attached hydrogen (secondary N) is 2. The molecular weight excluding hydrogens is 314 g/mol. The Labute approximate surface area is 151 Å². The van der Waals surface area contributed by atoms with Crippen LogP contribution >= 0.6 is 0 Å². The molecular formula is C19H31N5O. The summed E-state index contributed by atoms with van der Waals surface area (Å²) in [6, 6.07) is 8.51. The van der Waals surface area contributed by atoms with E-state index in [9.17, 15) is 4.79 Å². The molecule has 0 aliphatic carbocycles. The number of hydrogen-bond donors (Lipinski definition) is 2. The molecule has 0 aromatic heterocycles. The van der Waals surface area contributed by atoms with Crippen LogP contribution in [0.3, 0.4) is 0 Å². The predicted molar refractivity (Wildman–Crippen MR) is 104 cm³/mol. The van der Waals surface area contributed by atoms with Crippen molar-refractivity contribution in [1.82, 2.24) is 15.5 Å². The maximum atomic E-state index is 11.5. The number of hydrogen-bond acceptors (Lipinski definition) is 3. The lowest BCUT2D eigenvalue weighted by molar-refractivity contribution is -0.121. The zero-order valence-electron chi connectivity index (χ0n) is 15.9. The van der Waals surface area contributed by atoms with E-state index < -0.39 is 0 Å². The molecule has 0 saturated carbocycles. The number of rotatable bonds is 5. The summed E-state index contributed by atoms with van der Waals surface area (Å²) in [4.78, 5) is 20.3. The summed E-state index contributed by atoms with van der Waals surface area (Å²) in [5.74, 6) is 1.56. The normalized spacial score (nSPS) is 15.8. The van der Waals surface area contributed by atoms with Crippen LogP contribution in [0.2, 0.25) is 0 Å². The van der Waals surface area contributed by atoms with Crippen molar-refractivity contribution in [3.8, 4) is 0 Å². The molecule has 2 N–H and O–H groups in total. The van der Waals surface area contributed by atoms with Gasteiger partial charge in [0.2, 0.25) is 5.91 Å². The Morgan fingerprint density at radius 1 is 1.32 bits per heavy atom. The third-order valence-corrected chi connectivity index (χ3v) is 4.76. The van der Waals surface area contributed by atoms with Crippen LogP contribution in [0.4, 0.5) is 5.69 Å². The molecule has 1 aromatic rings. The number of carbonyl (C=O) groups excluding carboxylic acids is 1. The highest BCUT2D eigenvalue weighted by molar-refractivity contribution is 5.80. The maximum absolute atomic E-state index is 11.5. The van der Waals surface area contributed by atoms with Crippen LogP contribution in [-0.4, -0.2) is 58.0 Å². The van der Waals surface area contributed by atoms with E-state index in [-0.39, 0.29) is 5.91 Å². The molecule has 25 heavy (non-hydrogen) atoms. The Hall–Kier alpha value is -2.24. The second-order valence-electron chi connectivity index (χ2n) is 6.77. The summed E-state index contributed by atoms with van der Waals surface area (Å²) in [5.41, 5.74) is 2.44. The van der Waals surface area contributed by atoms with Crippen LogP contribution in [0, 0.1) is 5.92 Å². The minimum Gasteiger partial charge on any atom is -0.378 e. The monoisotopic (exact) mass is 345 g/mol. The van der Waals surface area contributed by atoms with Gasteiger partial charge in [0.05, 0.1) is 0 Å². The number of anilines is 1. The summed E-state index contributed by atoms with van der Waals surface area (Å²) < 4.78 is 0.